The summed E-state index contributed by atoms with van der Waals surface area (Å²) in [7, 11) is 0. The molecule has 2 fully saturated rings. The molecule has 0 aromatic carbocycles. The average molecular weight is 281 g/mol. The first kappa shape index (κ1) is 15.1. The Bertz CT molecular complexity index is 351. The third-order valence-corrected chi connectivity index (χ3v) is 4.21. The molecule has 3 amide bonds. The molecule has 0 aromatic rings. The van der Waals surface area contributed by atoms with Crippen LogP contribution >= 0.6 is 0 Å². The molecule has 1 N–H and O–H groups in total. The van der Waals surface area contributed by atoms with Crippen LogP contribution in [0.1, 0.15) is 46.0 Å². The van der Waals surface area contributed by atoms with E-state index in [-0.39, 0.29) is 18.0 Å². The fourth-order valence-electron chi connectivity index (χ4n) is 3.11. The van der Waals surface area contributed by atoms with Crippen molar-refractivity contribution in [2.45, 2.75) is 52.0 Å². The molecule has 0 aromatic heterocycles. The Hall–Kier alpha value is -1.26. The minimum absolute atomic E-state index is 0.00448. The summed E-state index contributed by atoms with van der Waals surface area (Å²) in [5.74, 6) is 0.555. The monoisotopic (exact) mass is 281 g/mol. The minimum atomic E-state index is -0.00448. The Balaban J connectivity index is 1.85. The molecule has 5 nitrogen and oxygen atoms in total. The molecular formula is C15H27N3O2. The second kappa shape index (κ2) is 6.95. The van der Waals surface area contributed by atoms with Crippen LogP contribution in [0.5, 0.6) is 0 Å². The van der Waals surface area contributed by atoms with E-state index in [1.165, 1.54) is 12.8 Å². The highest BCUT2D eigenvalue weighted by Crippen LogP contribution is 2.26. The fraction of sp³-hybridized carbons (Fsp3) is 0.867. The van der Waals surface area contributed by atoms with Crippen LogP contribution in [0.3, 0.4) is 0 Å². The van der Waals surface area contributed by atoms with Crippen molar-refractivity contribution in [1.29, 1.82) is 0 Å². The third kappa shape index (κ3) is 3.87. The molecule has 5 heteroatoms. The van der Waals surface area contributed by atoms with Crippen LogP contribution in [0.15, 0.2) is 0 Å². The van der Waals surface area contributed by atoms with E-state index in [0.29, 0.717) is 19.0 Å². The number of carbonyl (C=O) groups is 2. The van der Waals surface area contributed by atoms with Gasteiger partial charge in [0.2, 0.25) is 5.91 Å². The van der Waals surface area contributed by atoms with E-state index in [9.17, 15) is 9.59 Å². The van der Waals surface area contributed by atoms with Crippen molar-refractivity contribution in [3.63, 3.8) is 0 Å². The fourth-order valence-corrected chi connectivity index (χ4v) is 3.11. The van der Waals surface area contributed by atoms with Crippen LogP contribution in [0.4, 0.5) is 4.79 Å². The van der Waals surface area contributed by atoms with E-state index in [4.69, 9.17) is 0 Å². The van der Waals surface area contributed by atoms with Crippen LogP contribution < -0.4 is 5.32 Å². The summed E-state index contributed by atoms with van der Waals surface area (Å²) < 4.78 is 0. The molecule has 2 rings (SSSR count). The number of carbonyl (C=O) groups excluding carboxylic acids is 2. The lowest BCUT2D eigenvalue weighted by atomic mass is 10.1. The number of hydrogen-bond acceptors (Lipinski definition) is 2. The Labute approximate surface area is 121 Å². The van der Waals surface area contributed by atoms with Crippen molar-refractivity contribution in [2.24, 2.45) is 5.92 Å². The molecule has 0 spiro atoms. The number of nitrogens with zero attached hydrogens (tertiary/aromatic N) is 2. The van der Waals surface area contributed by atoms with E-state index in [0.717, 1.165) is 32.4 Å². The summed E-state index contributed by atoms with van der Waals surface area (Å²) in [4.78, 5) is 28.2. The zero-order chi connectivity index (χ0) is 14.5. The summed E-state index contributed by atoms with van der Waals surface area (Å²) >= 11 is 0. The van der Waals surface area contributed by atoms with Crippen LogP contribution in [0, 0.1) is 5.92 Å². The van der Waals surface area contributed by atoms with Gasteiger partial charge in [-0.25, -0.2) is 4.79 Å². The van der Waals surface area contributed by atoms with Gasteiger partial charge in [-0.2, -0.15) is 0 Å². The lowest BCUT2D eigenvalue weighted by molar-refractivity contribution is -0.135. The van der Waals surface area contributed by atoms with E-state index in [1.807, 2.05) is 23.6 Å². The van der Waals surface area contributed by atoms with Crippen molar-refractivity contribution in [3.8, 4) is 0 Å². The maximum atomic E-state index is 12.4. The topological polar surface area (TPSA) is 52.7 Å². The molecule has 114 valence electrons. The van der Waals surface area contributed by atoms with Crippen LogP contribution in [-0.2, 0) is 4.79 Å². The summed E-state index contributed by atoms with van der Waals surface area (Å²) in [6.07, 6.45) is 5.35. The SMILES string of the molecule is CC(C)NC(=O)N1CCCN(C(=O)C2CCCC2)CC1. The first-order valence-electron chi connectivity index (χ1n) is 7.92. The van der Waals surface area contributed by atoms with Gasteiger partial charge in [0.25, 0.3) is 0 Å². The second-order valence-electron chi connectivity index (χ2n) is 6.25. The molecule has 0 unspecified atom stereocenters. The maximum absolute atomic E-state index is 12.4. The lowest BCUT2D eigenvalue weighted by Crippen LogP contribution is -2.45. The molecule has 1 saturated carbocycles. The molecular weight excluding hydrogens is 254 g/mol. The molecule has 1 saturated heterocycles. The molecule has 1 heterocycles. The largest absolute Gasteiger partial charge is 0.341 e. The zero-order valence-corrected chi connectivity index (χ0v) is 12.7. The Morgan fingerprint density at radius 1 is 0.950 bits per heavy atom. The van der Waals surface area contributed by atoms with Crippen molar-refractivity contribution in [1.82, 2.24) is 15.1 Å². The number of urea groups is 1. The van der Waals surface area contributed by atoms with Gasteiger partial charge in [0.1, 0.15) is 0 Å². The summed E-state index contributed by atoms with van der Waals surface area (Å²) in [5, 5.41) is 2.92. The predicted molar refractivity (Wildman–Crippen MR) is 78.4 cm³/mol. The number of hydrogen-bond donors (Lipinski definition) is 1. The summed E-state index contributed by atoms with van der Waals surface area (Å²) in [5.41, 5.74) is 0. The van der Waals surface area contributed by atoms with Crippen molar-refractivity contribution in [3.05, 3.63) is 0 Å². The highest BCUT2D eigenvalue weighted by atomic mass is 16.2. The quantitative estimate of drug-likeness (QED) is 0.839. The van der Waals surface area contributed by atoms with Gasteiger partial charge in [-0.1, -0.05) is 12.8 Å². The Kier molecular flexibility index (Phi) is 5.26. The summed E-state index contributed by atoms with van der Waals surface area (Å²) in [6.45, 7) is 6.79. The van der Waals surface area contributed by atoms with E-state index in [1.54, 1.807) is 0 Å². The number of nitrogens with one attached hydrogen (secondary N) is 1. The molecule has 0 bridgehead atoms. The lowest BCUT2D eigenvalue weighted by Gasteiger charge is -2.25. The van der Waals surface area contributed by atoms with Crippen molar-refractivity contribution < 1.29 is 9.59 Å². The van der Waals surface area contributed by atoms with Crippen LogP contribution in [0.2, 0.25) is 0 Å². The van der Waals surface area contributed by atoms with Gasteiger partial charge in [-0.3, -0.25) is 4.79 Å². The molecule has 1 aliphatic heterocycles. The predicted octanol–water partition coefficient (Wildman–Crippen LogP) is 1.83. The van der Waals surface area contributed by atoms with Gasteiger partial charge in [-0.05, 0) is 33.1 Å². The second-order valence-corrected chi connectivity index (χ2v) is 6.25. The molecule has 0 radical (unpaired) electrons. The zero-order valence-electron chi connectivity index (χ0n) is 12.7. The first-order chi connectivity index (χ1) is 9.58. The highest BCUT2D eigenvalue weighted by Gasteiger charge is 2.29. The van der Waals surface area contributed by atoms with Crippen LogP contribution in [-0.4, -0.2) is 54.0 Å². The van der Waals surface area contributed by atoms with Crippen molar-refractivity contribution in [2.75, 3.05) is 26.2 Å². The maximum Gasteiger partial charge on any atom is 0.317 e. The smallest absolute Gasteiger partial charge is 0.317 e. The molecule has 1 aliphatic carbocycles. The third-order valence-electron chi connectivity index (χ3n) is 4.21. The average Bonchev–Trinajstić information content (AvgIpc) is 2.81. The van der Waals surface area contributed by atoms with Gasteiger partial charge < -0.3 is 15.1 Å². The minimum Gasteiger partial charge on any atom is -0.341 e. The van der Waals surface area contributed by atoms with E-state index in [2.05, 4.69) is 5.32 Å². The summed E-state index contributed by atoms with van der Waals surface area (Å²) in [6, 6.07) is 0.150. The molecule has 2 aliphatic rings. The van der Waals surface area contributed by atoms with Gasteiger partial charge in [0, 0.05) is 38.1 Å². The highest BCUT2D eigenvalue weighted by molar-refractivity contribution is 5.79. The number of rotatable bonds is 2. The Morgan fingerprint density at radius 2 is 1.55 bits per heavy atom. The molecule has 20 heavy (non-hydrogen) atoms. The standard InChI is InChI=1S/C15H27N3O2/c1-12(2)16-15(20)18-9-5-8-17(10-11-18)14(19)13-6-3-4-7-13/h12-13H,3-11H2,1-2H3,(H,16,20). The van der Waals surface area contributed by atoms with E-state index >= 15 is 0 Å². The van der Waals surface area contributed by atoms with Crippen LogP contribution in [0.25, 0.3) is 0 Å². The van der Waals surface area contributed by atoms with E-state index < -0.39 is 0 Å². The van der Waals surface area contributed by atoms with Gasteiger partial charge >= 0.3 is 6.03 Å². The molecule has 0 atom stereocenters. The van der Waals surface area contributed by atoms with Crippen molar-refractivity contribution >= 4 is 11.9 Å². The van der Waals surface area contributed by atoms with Gasteiger partial charge in [-0.15, -0.1) is 0 Å². The number of amides is 3. The van der Waals surface area contributed by atoms with Gasteiger partial charge in [0.15, 0.2) is 0 Å². The normalized spacial score (nSPS) is 21.1. The first-order valence-corrected chi connectivity index (χ1v) is 7.92. The Morgan fingerprint density at radius 3 is 2.20 bits per heavy atom. The van der Waals surface area contributed by atoms with Gasteiger partial charge in [0.05, 0.1) is 0 Å².